The molecule has 1 aliphatic heterocycles. The fourth-order valence-corrected chi connectivity index (χ4v) is 5.62. The van der Waals surface area contributed by atoms with E-state index in [1.807, 2.05) is 6.07 Å². The van der Waals surface area contributed by atoms with Gasteiger partial charge >= 0.3 is 0 Å². The molecule has 0 atom stereocenters. The van der Waals surface area contributed by atoms with E-state index in [-0.39, 0.29) is 17.5 Å². The summed E-state index contributed by atoms with van der Waals surface area (Å²) in [5.74, 6) is 0.269. The van der Waals surface area contributed by atoms with Gasteiger partial charge in [-0.05, 0) is 89.1 Å². The fraction of sp³-hybridized carbons (Fsp3) is 0.333. The Balaban J connectivity index is 1.46. The molecule has 0 saturated carbocycles. The first kappa shape index (κ1) is 23.3. The molecular weight excluding hydrogens is 448 g/mol. The summed E-state index contributed by atoms with van der Waals surface area (Å²) in [5, 5.41) is 0.165. The van der Waals surface area contributed by atoms with Crippen LogP contribution in [0.25, 0.3) is 11.1 Å². The lowest BCUT2D eigenvalue weighted by Crippen LogP contribution is -2.47. The number of benzene rings is 3. The van der Waals surface area contributed by atoms with E-state index in [9.17, 15) is 8.78 Å². The third-order valence-electron chi connectivity index (χ3n) is 7.14. The number of likely N-dealkylation sites (tertiary alicyclic amines) is 1. The molecule has 0 aromatic heterocycles. The molecule has 2 aliphatic rings. The van der Waals surface area contributed by atoms with Crippen LogP contribution in [0.2, 0.25) is 5.02 Å². The van der Waals surface area contributed by atoms with Gasteiger partial charge in [0.05, 0.1) is 11.7 Å². The second kappa shape index (κ2) is 10.4. The summed E-state index contributed by atoms with van der Waals surface area (Å²) in [6, 6.07) is 22.7. The summed E-state index contributed by atoms with van der Waals surface area (Å²) >= 11 is 6.17. The van der Waals surface area contributed by atoms with Gasteiger partial charge in [0.2, 0.25) is 0 Å². The molecule has 34 heavy (non-hydrogen) atoms. The van der Waals surface area contributed by atoms with Crippen LogP contribution in [0.15, 0.2) is 66.7 Å². The van der Waals surface area contributed by atoms with Crippen molar-refractivity contribution in [1.29, 1.82) is 0 Å². The predicted octanol–water partition coefficient (Wildman–Crippen LogP) is 7.61. The first-order valence-corrected chi connectivity index (χ1v) is 12.6. The van der Waals surface area contributed by atoms with Crippen molar-refractivity contribution in [1.82, 2.24) is 4.90 Å². The van der Waals surface area contributed by atoms with E-state index in [0.29, 0.717) is 12.3 Å². The molecule has 0 N–H and O–H groups in total. The van der Waals surface area contributed by atoms with Crippen LogP contribution < -0.4 is 0 Å². The summed E-state index contributed by atoms with van der Waals surface area (Å²) in [7, 11) is 0. The molecule has 0 unspecified atom stereocenters. The minimum atomic E-state index is -0.384. The highest BCUT2D eigenvalue weighted by molar-refractivity contribution is 6.31. The average Bonchev–Trinajstić information content (AvgIpc) is 3.02. The minimum Gasteiger partial charge on any atom is -0.303 e. The number of fused-ring (bicyclic) bond motifs is 1. The summed E-state index contributed by atoms with van der Waals surface area (Å²) in [6.07, 6.45) is 4.69. The van der Waals surface area contributed by atoms with Crippen LogP contribution in [0.5, 0.6) is 0 Å². The Morgan fingerprint density at radius 1 is 0.912 bits per heavy atom. The van der Waals surface area contributed by atoms with Crippen LogP contribution in [0.3, 0.4) is 0 Å². The van der Waals surface area contributed by atoms with Crippen molar-refractivity contribution in [2.24, 2.45) is 5.92 Å². The molecule has 3 aromatic carbocycles. The summed E-state index contributed by atoms with van der Waals surface area (Å²) in [4.78, 5) is 2.34. The number of halogens is 3. The van der Waals surface area contributed by atoms with Crippen LogP contribution in [0.4, 0.5) is 8.78 Å². The van der Waals surface area contributed by atoms with Gasteiger partial charge in [-0.3, -0.25) is 4.39 Å². The Morgan fingerprint density at radius 2 is 1.68 bits per heavy atom. The smallest absolute Gasteiger partial charge is 0.141 e. The Hall–Kier alpha value is -2.49. The third-order valence-corrected chi connectivity index (χ3v) is 7.43. The maximum atomic E-state index is 13.9. The van der Waals surface area contributed by atoms with Crippen LogP contribution in [-0.2, 0) is 12.8 Å². The highest BCUT2D eigenvalue weighted by atomic mass is 35.5. The lowest BCUT2D eigenvalue weighted by Gasteiger charge is -2.39. The molecule has 0 amide bonds. The monoisotopic (exact) mass is 477 g/mol. The number of alkyl halides is 1. The number of aryl methyl sites for hydroxylation is 1. The van der Waals surface area contributed by atoms with Crippen LogP contribution in [0, 0.1) is 11.7 Å². The predicted molar refractivity (Wildman–Crippen MR) is 137 cm³/mol. The number of rotatable bonds is 7. The first-order chi connectivity index (χ1) is 16.6. The Kier molecular flexibility index (Phi) is 7.12. The third kappa shape index (κ3) is 4.96. The second-order valence-electron chi connectivity index (χ2n) is 9.56. The van der Waals surface area contributed by atoms with Gasteiger partial charge in [-0.15, -0.1) is 0 Å². The van der Waals surface area contributed by atoms with Crippen molar-refractivity contribution in [3.8, 4) is 0 Å². The van der Waals surface area contributed by atoms with Crippen molar-refractivity contribution in [2.45, 2.75) is 32.1 Å². The zero-order chi connectivity index (χ0) is 23.5. The highest BCUT2D eigenvalue weighted by Gasteiger charge is 2.26. The summed E-state index contributed by atoms with van der Waals surface area (Å²) in [6.45, 7) is 2.77. The van der Waals surface area contributed by atoms with Gasteiger partial charge < -0.3 is 4.90 Å². The van der Waals surface area contributed by atoms with Crippen LogP contribution in [0.1, 0.15) is 47.1 Å². The SMILES string of the molecule is FCCCN1CC(Cc2ccc(C3=C(c4ccc(F)c(Cl)c4)CCCc4ccccc43)cc2)C1. The van der Waals surface area contributed by atoms with E-state index in [1.165, 1.54) is 39.5 Å². The average molecular weight is 478 g/mol. The standard InChI is InChI=1S/C30H30ClF2N/c31-28-18-25(13-14-29(28)33)27-8-3-6-23-5-1-2-7-26(23)30(27)24-11-9-21(10-12-24)17-22-19-34(20-22)16-4-15-32/h1-2,5,7,9-14,18,22H,3-4,6,8,15-17,19-20H2. The van der Waals surface area contributed by atoms with Gasteiger partial charge in [0.15, 0.2) is 0 Å². The Bertz CT molecular complexity index is 1180. The number of hydrogen-bond donors (Lipinski definition) is 0. The number of hydrogen-bond acceptors (Lipinski definition) is 1. The lowest BCUT2D eigenvalue weighted by molar-refractivity contribution is 0.0968. The molecule has 0 radical (unpaired) electrons. The fourth-order valence-electron chi connectivity index (χ4n) is 5.44. The maximum Gasteiger partial charge on any atom is 0.141 e. The molecule has 176 valence electrons. The Morgan fingerprint density at radius 3 is 2.44 bits per heavy atom. The summed E-state index contributed by atoms with van der Waals surface area (Å²) in [5.41, 5.74) is 8.58. The normalized spacial score (nSPS) is 16.8. The van der Waals surface area contributed by atoms with E-state index >= 15 is 0 Å². The van der Waals surface area contributed by atoms with Crippen LogP contribution in [-0.4, -0.2) is 31.2 Å². The van der Waals surface area contributed by atoms with Gasteiger partial charge in [-0.25, -0.2) is 4.39 Å². The topological polar surface area (TPSA) is 3.24 Å². The van der Waals surface area contributed by atoms with Crippen molar-refractivity contribution in [3.63, 3.8) is 0 Å². The van der Waals surface area contributed by atoms with Gasteiger partial charge in [0.25, 0.3) is 0 Å². The van der Waals surface area contributed by atoms with Crippen molar-refractivity contribution < 1.29 is 8.78 Å². The highest BCUT2D eigenvalue weighted by Crippen LogP contribution is 2.40. The molecule has 3 aromatic rings. The van der Waals surface area contributed by atoms with E-state index in [1.54, 1.807) is 6.07 Å². The lowest BCUT2D eigenvalue weighted by atomic mass is 9.86. The molecule has 4 heteroatoms. The summed E-state index contributed by atoms with van der Waals surface area (Å²) < 4.78 is 26.3. The maximum absolute atomic E-state index is 13.9. The molecule has 1 saturated heterocycles. The largest absolute Gasteiger partial charge is 0.303 e. The van der Waals surface area contributed by atoms with Crippen molar-refractivity contribution in [2.75, 3.05) is 26.3 Å². The first-order valence-electron chi connectivity index (χ1n) is 12.3. The zero-order valence-electron chi connectivity index (χ0n) is 19.4. The molecule has 1 heterocycles. The Labute approximate surface area is 206 Å². The molecule has 1 nitrogen and oxygen atoms in total. The van der Waals surface area contributed by atoms with Crippen molar-refractivity contribution >= 4 is 22.7 Å². The molecule has 1 fully saturated rings. The van der Waals surface area contributed by atoms with E-state index in [4.69, 9.17) is 11.6 Å². The quantitative estimate of drug-likeness (QED) is 0.338. The van der Waals surface area contributed by atoms with Gasteiger partial charge in [0.1, 0.15) is 5.82 Å². The zero-order valence-corrected chi connectivity index (χ0v) is 20.1. The number of nitrogens with zero attached hydrogens (tertiary/aromatic N) is 1. The molecule has 5 rings (SSSR count). The van der Waals surface area contributed by atoms with Gasteiger partial charge in [-0.1, -0.05) is 66.2 Å². The second-order valence-corrected chi connectivity index (χ2v) is 9.97. The van der Waals surface area contributed by atoms with Crippen LogP contribution >= 0.6 is 11.6 Å². The van der Waals surface area contributed by atoms with E-state index < -0.39 is 0 Å². The molecular formula is C30H30ClF2N. The molecule has 0 spiro atoms. The number of allylic oxidation sites excluding steroid dienone is 1. The minimum absolute atomic E-state index is 0.165. The van der Waals surface area contributed by atoms with Gasteiger partial charge in [0, 0.05) is 19.6 Å². The molecule has 0 bridgehead atoms. The van der Waals surface area contributed by atoms with Crippen molar-refractivity contribution in [3.05, 3.63) is 105 Å². The van der Waals surface area contributed by atoms with E-state index in [2.05, 4.69) is 53.4 Å². The van der Waals surface area contributed by atoms with E-state index in [0.717, 1.165) is 50.9 Å². The van der Waals surface area contributed by atoms with Gasteiger partial charge in [-0.2, -0.15) is 0 Å². The molecule has 1 aliphatic carbocycles.